The van der Waals surface area contributed by atoms with Crippen LogP contribution in [0.5, 0.6) is 0 Å². The van der Waals surface area contributed by atoms with Crippen LogP contribution in [0.4, 0.5) is 0 Å². The van der Waals surface area contributed by atoms with Gasteiger partial charge in [0.25, 0.3) is 0 Å². The molecule has 0 saturated heterocycles. The van der Waals surface area contributed by atoms with Gasteiger partial charge in [-0.25, -0.2) is 0 Å². The van der Waals surface area contributed by atoms with E-state index in [2.05, 4.69) is 6.92 Å². The normalized spacial score (nSPS) is 22.2. The Bertz CT molecular complexity index is 130. The molecule has 0 heterocycles. The lowest BCUT2D eigenvalue weighted by Crippen LogP contribution is -2.13. The van der Waals surface area contributed by atoms with Crippen LogP contribution < -0.4 is 0 Å². The van der Waals surface area contributed by atoms with Gasteiger partial charge in [0.15, 0.2) is 0 Å². The Morgan fingerprint density at radius 3 is 2.58 bits per heavy atom. The van der Waals surface area contributed by atoms with Gasteiger partial charge >= 0.3 is 0 Å². The van der Waals surface area contributed by atoms with Crippen molar-refractivity contribution in [3.63, 3.8) is 0 Å². The molecule has 1 fully saturated rings. The molecule has 0 amide bonds. The second-order valence-electron chi connectivity index (χ2n) is 3.78. The molecule has 2 heteroatoms. The highest BCUT2D eigenvalue weighted by Crippen LogP contribution is 2.54. The molecular weight excluding hydrogens is 172 g/mol. The van der Waals surface area contributed by atoms with E-state index in [-0.39, 0.29) is 0 Å². The Labute approximate surface area is 80.4 Å². The van der Waals surface area contributed by atoms with Crippen LogP contribution in [0.1, 0.15) is 39.5 Å². The highest BCUT2D eigenvalue weighted by atomic mass is 35.5. The zero-order valence-electron chi connectivity index (χ0n) is 8.11. The van der Waals surface area contributed by atoms with Crippen LogP contribution in [-0.4, -0.2) is 18.6 Å². The summed E-state index contributed by atoms with van der Waals surface area (Å²) in [5.74, 6) is 0. The van der Waals surface area contributed by atoms with Crippen LogP contribution in [-0.2, 0) is 4.74 Å². The maximum Gasteiger partial charge on any atom is 0.0466 e. The monoisotopic (exact) mass is 190 g/mol. The van der Waals surface area contributed by atoms with Gasteiger partial charge in [-0.05, 0) is 44.9 Å². The minimum atomic E-state index is 0.346. The van der Waals surface area contributed by atoms with Gasteiger partial charge in [0.2, 0.25) is 0 Å². The van der Waals surface area contributed by atoms with E-state index in [1.165, 1.54) is 25.7 Å². The number of hydrogen-bond donors (Lipinski definition) is 0. The van der Waals surface area contributed by atoms with E-state index >= 15 is 0 Å². The topological polar surface area (TPSA) is 9.23 Å². The average Bonchev–Trinajstić information content (AvgIpc) is 2.79. The molecule has 1 unspecified atom stereocenters. The summed E-state index contributed by atoms with van der Waals surface area (Å²) in [5.41, 5.74) is 0.485. The van der Waals surface area contributed by atoms with Gasteiger partial charge in [0.1, 0.15) is 0 Å². The molecule has 0 aromatic heterocycles. The second-order valence-corrected chi connectivity index (χ2v) is 4.43. The van der Waals surface area contributed by atoms with Gasteiger partial charge < -0.3 is 4.74 Å². The fraction of sp³-hybridized carbons (Fsp3) is 1.00. The molecule has 0 aromatic rings. The van der Waals surface area contributed by atoms with Crippen molar-refractivity contribution in [1.82, 2.24) is 0 Å². The molecule has 12 heavy (non-hydrogen) atoms. The largest absolute Gasteiger partial charge is 0.382 e. The molecule has 0 radical (unpaired) electrons. The first kappa shape index (κ1) is 10.3. The Kier molecular flexibility index (Phi) is 3.85. The molecule has 1 saturated carbocycles. The molecule has 0 aromatic carbocycles. The summed E-state index contributed by atoms with van der Waals surface area (Å²) in [7, 11) is 0. The van der Waals surface area contributed by atoms with Crippen LogP contribution in [0.25, 0.3) is 0 Å². The van der Waals surface area contributed by atoms with Crippen molar-refractivity contribution < 1.29 is 4.74 Å². The minimum absolute atomic E-state index is 0.346. The van der Waals surface area contributed by atoms with Crippen molar-refractivity contribution in [3.8, 4) is 0 Å². The smallest absolute Gasteiger partial charge is 0.0466 e. The SMILES string of the molecule is CCOCCCC1(C(C)Cl)CC1. The molecule has 1 rings (SSSR count). The lowest BCUT2D eigenvalue weighted by atomic mass is 9.97. The number of alkyl halides is 1. The molecular formula is C10H19ClO. The Balaban J connectivity index is 2.06. The summed E-state index contributed by atoms with van der Waals surface area (Å²) in [6, 6.07) is 0. The maximum absolute atomic E-state index is 6.10. The molecule has 0 spiro atoms. The van der Waals surface area contributed by atoms with Gasteiger partial charge in [-0.3, -0.25) is 0 Å². The van der Waals surface area contributed by atoms with E-state index in [0.29, 0.717) is 10.8 Å². The van der Waals surface area contributed by atoms with Gasteiger partial charge in [-0.2, -0.15) is 0 Å². The number of rotatable bonds is 6. The van der Waals surface area contributed by atoms with Crippen molar-refractivity contribution in [2.24, 2.45) is 5.41 Å². The Morgan fingerprint density at radius 1 is 1.50 bits per heavy atom. The molecule has 72 valence electrons. The lowest BCUT2D eigenvalue weighted by Gasteiger charge is -2.17. The Hall–Kier alpha value is 0.250. The van der Waals surface area contributed by atoms with Crippen molar-refractivity contribution in [1.29, 1.82) is 0 Å². The maximum atomic E-state index is 6.10. The number of halogens is 1. The van der Waals surface area contributed by atoms with Crippen molar-refractivity contribution in [2.75, 3.05) is 13.2 Å². The quantitative estimate of drug-likeness (QED) is 0.462. The standard InChI is InChI=1S/C10H19ClO/c1-3-12-8-4-5-10(6-7-10)9(2)11/h9H,3-8H2,1-2H3. The van der Waals surface area contributed by atoms with E-state index in [0.717, 1.165) is 13.2 Å². The van der Waals surface area contributed by atoms with Crippen LogP contribution in [0.3, 0.4) is 0 Å². The third-order valence-corrected chi connectivity index (χ3v) is 3.37. The molecule has 0 aliphatic heterocycles. The highest BCUT2D eigenvalue weighted by Gasteiger charge is 2.45. The highest BCUT2D eigenvalue weighted by molar-refractivity contribution is 6.21. The fourth-order valence-corrected chi connectivity index (χ4v) is 2.01. The predicted octanol–water partition coefficient (Wildman–Crippen LogP) is 3.21. The first-order valence-electron chi connectivity index (χ1n) is 4.93. The summed E-state index contributed by atoms with van der Waals surface area (Å²) < 4.78 is 5.29. The first-order valence-corrected chi connectivity index (χ1v) is 5.37. The predicted molar refractivity (Wildman–Crippen MR) is 52.7 cm³/mol. The minimum Gasteiger partial charge on any atom is -0.382 e. The van der Waals surface area contributed by atoms with Gasteiger partial charge in [0, 0.05) is 18.6 Å². The fourth-order valence-electron chi connectivity index (χ4n) is 1.68. The van der Waals surface area contributed by atoms with Crippen molar-refractivity contribution in [3.05, 3.63) is 0 Å². The summed E-state index contributed by atoms with van der Waals surface area (Å²) in [5, 5.41) is 0.346. The van der Waals surface area contributed by atoms with Gasteiger partial charge in [-0.1, -0.05) is 0 Å². The van der Waals surface area contributed by atoms with Gasteiger partial charge in [0.05, 0.1) is 0 Å². The van der Waals surface area contributed by atoms with E-state index < -0.39 is 0 Å². The molecule has 1 aliphatic carbocycles. The van der Waals surface area contributed by atoms with Crippen LogP contribution in [0, 0.1) is 5.41 Å². The first-order chi connectivity index (χ1) is 5.71. The number of ether oxygens (including phenoxy) is 1. The van der Waals surface area contributed by atoms with Gasteiger partial charge in [-0.15, -0.1) is 11.6 Å². The summed E-state index contributed by atoms with van der Waals surface area (Å²) in [6.07, 6.45) is 5.07. The van der Waals surface area contributed by atoms with E-state index in [1.54, 1.807) is 0 Å². The lowest BCUT2D eigenvalue weighted by molar-refractivity contribution is 0.138. The van der Waals surface area contributed by atoms with Crippen LogP contribution in [0.15, 0.2) is 0 Å². The van der Waals surface area contributed by atoms with Crippen LogP contribution >= 0.6 is 11.6 Å². The Morgan fingerprint density at radius 2 is 2.17 bits per heavy atom. The second kappa shape index (κ2) is 4.48. The molecule has 0 bridgehead atoms. The molecule has 1 atom stereocenters. The third-order valence-electron chi connectivity index (χ3n) is 2.90. The van der Waals surface area contributed by atoms with E-state index in [9.17, 15) is 0 Å². The molecule has 1 nitrogen and oxygen atoms in total. The summed E-state index contributed by atoms with van der Waals surface area (Å²) in [6.45, 7) is 5.90. The zero-order chi connectivity index (χ0) is 9.03. The molecule has 1 aliphatic rings. The van der Waals surface area contributed by atoms with Crippen molar-refractivity contribution in [2.45, 2.75) is 44.9 Å². The average molecular weight is 191 g/mol. The van der Waals surface area contributed by atoms with E-state index in [1.807, 2.05) is 6.92 Å². The number of hydrogen-bond acceptors (Lipinski definition) is 1. The molecule has 0 N–H and O–H groups in total. The summed E-state index contributed by atoms with van der Waals surface area (Å²) in [4.78, 5) is 0. The summed E-state index contributed by atoms with van der Waals surface area (Å²) >= 11 is 6.10. The third kappa shape index (κ3) is 2.63. The van der Waals surface area contributed by atoms with E-state index in [4.69, 9.17) is 16.3 Å². The van der Waals surface area contributed by atoms with Crippen LogP contribution in [0.2, 0.25) is 0 Å². The zero-order valence-corrected chi connectivity index (χ0v) is 8.86. The van der Waals surface area contributed by atoms with Crippen molar-refractivity contribution >= 4 is 11.6 Å².